The van der Waals surface area contributed by atoms with E-state index in [4.69, 9.17) is 11.6 Å². The van der Waals surface area contributed by atoms with E-state index < -0.39 is 0 Å². The molecule has 0 unspecified atom stereocenters. The van der Waals surface area contributed by atoms with Crippen LogP contribution in [-0.2, 0) is 0 Å². The summed E-state index contributed by atoms with van der Waals surface area (Å²) in [7, 11) is 0. The van der Waals surface area contributed by atoms with Crippen molar-refractivity contribution < 1.29 is 0 Å². The van der Waals surface area contributed by atoms with E-state index in [1.807, 2.05) is 42.5 Å². The fraction of sp³-hybridized carbons (Fsp3) is 0. The molecule has 1 aromatic carbocycles. The van der Waals surface area contributed by atoms with Crippen molar-refractivity contribution in [2.75, 3.05) is 0 Å². The van der Waals surface area contributed by atoms with Gasteiger partial charge in [0, 0.05) is 17.0 Å². The molecule has 0 N–H and O–H groups in total. The van der Waals surface area contributed by atoms with Crippen LogP contribution in [0.15, 0.2) is 58.7 Å². The first-order valence-corrected chi connectivity index (χ1v) is 6.54. The van der Waals surface area contributed by atoms with Crippen molar-refractivity contribution in [1.29, 1.82) is 0 Å². The summed E-state index contributed by atoms with van der Waals surface area (Å²) in [6, 6.07) is 13.6. The Hall–Kier alpha value is -1.65. The molecule has 0 saturated heterocycles. The van der Waals surface area contributed by atoms with E-state index in [-0.39, 0.29) is 0 Å². The quantitative estimate of drug-likeness (QED) is 0.711. The molecule has 0 radical (unpaired) electrons. The Morgan fingerprint density at radius 2 is 1.67 bits per heavy atom. The van der Waals surface area contributed by atoms with Gasteiger partial charge in [-0.1, -0.05) is 41.9 Å². The molecule has 0 aliphatic carbocycles. The zero-order chi connectivity index (χ0) is 12.4. The zero-order valence-corrected chi connectivity index (χ0v) is 10.8. The normalized spacial score (nSPS) is 10.7. The highest BCUT2D eigenvalue weighted by atomic mass is 35.5. The minimum atomic E-state index is 0.427. The topological polar surface area (TPSA) is 38.7 Å². The number of hydrogen-bond acceptors (Lipinski definition) is 4. The predicted octanol–water partition coefficient (Wildman–Crippen LogP) is 3.83. The number of halogens is 1. The number of fused-ring (bicyclic) bond motifs is 1. The number of hydrogen-bond donors (Lipinski definition) is 0. The van der Waals surface area contributed by atoms with E-state index >= 15 is 0 Å². The van der Waals surface area contributed by atoms with Crippen molar-refractivity contribution in [3.63, 3.8) is 0 Å². The Morgan fingerprint density at radius 3 is 2.44 bits per heavy atom. The summed E-state index contributed by atoms with van der Waals surface area (Å²) in [6.45, 7) is 0. The summed E-state index contributed by atoms with van der Waals surface area (Å²) >= 11 is 7.52. The SMILES string of the molecule is Clc1nnc(Sc2ccccn2)c2ccccc12. The standard InChI is InChI=1S/C13H8ClN3S/c14-12-9-5-1-2-6-10(9)13(17-16-12)18-11-7-3-4-8-15-11/h1-8H. The highest BCUT2D eigenvalue weighted by Gasteiger charge is 2.08. The third-order valence-corrected chi connectivity index (χ3v) is 3.67. The lowest BCUT2D eigenvalue weighted by atomic mass is 10.2. The van der Waals surface area contributed by atoms with Crippen LogP contribution in [0.4, 0.5) is 0 Å². The number of benzene rings is 1. The first-order chi connectivity index (χ1) is 8.84. The van der Waals surface area contributed by atoms with Crippen molar-refractivity contribution in [2.24, 2.45) is 0 Å². The third-order valence-electron chi connectivity index (χ3n) is 2.45. The molecule has 88 valence electrons. The van der Waals surface area contributed by atoms with E-state index in [0.29, 0.717) is 5.15 Å². The van der Waals surface area contributed by atoms with Gasteiger partial charge in [-0.2, -0.15) is 0 Å². The van der Waals surface area contributed by atoms with Crippen molar-refractivity contribution in [3.8, 4) is 0 Å². The van der Waals surface area contributed by atoms with Crippen LogP contribution in [0.3, 0.4) is 0 Å². The van der Waals surface area contributed by atoms with E-state index in [0.717, 1.165) is 20.8 Å². The van der Waals surface area contributed by atoms with Gasteiger partial charge in [-0.25, -0.2) is 4.98 Å². The molecule has 0 amide bonds. The van der Waals surface area contributed by atoms with E-state index in [2.05, 4.69) is 15.2 Å². The molecule has 0 fully saturated rings. The maximum Gasteiger partial charge on any atom is 0.159 e. The Labute approximate surface area is 113 Å². The molecule has 3 aromatic rings. The van der Waals surface area contributed by atoms with Crippen LogP contribution >= 0.6 is 23.4 Å². The molecule has 0 saturated carbocycles. The van der Waals surface area contributed by atoms with Gasteiger partial charge in [-0.3, -0.25) is 0 Å². The van der Waals surface area contributed by atoms with E-state index in [1.54, 1.807) is 6.20 Å². The lowest BCUT2D eigenvalue weighted by Gasteiger charge is -2.04. The number of rotatable bonds is 2. The van der Waals surface area contributed by atoms with Crippen LogP contribution in [-0.4, -0.2) is 15.2 Å². The van der Waals surface area contributed by atoms with Gasteiger partial charge >= 0.3 is 0 Å². The van der Waals surface area contributed by atoms with Crippen molar-refractivity contribution in [2.45, 2.75) is 10.1 Å². The average molecular weight is 274 g/mol. The van der Waals surface area contributed by atoms with E-state index in [9.17, 15) is 0 Å². The third kappa shape index (κ3) is 2.17. The molecular formula is C13H8ClN3S. The monoisotopic (exact) mass is 273 g/mol. The Bertz CT molecular complexity index is 688. The fourth-order valence-electron chi connectivity index (χ4n) is 1.63. The lowest BCUT2D eigenvalue weighted by Crippen LogP contribution is -1.90. The van der Waals surface area contributed by atoms with Crippen LogP contribution in [0.5, 0.6) is 0 Å². The average Bonchev–Trinajstić information content (AvgIpc) is 2.44. The highest BCUT2D eigenvalue weighted by Crippen LogP contribution is 2.32. The molecule has 0 spiro atoms. The Morgan fingerprint density at radius 1 is 0.889 bits per heavy atom. The summed E-state index contributed by atoms with van der Waals surface area (Å²) < 4.78 is 0. The number of pyridine rings is 1. The molecule has 2 heterocycles. The summed E-state index contributed by atoms with van der Waals surface area (Å²) in [4.78, 5) is 4.27. The van der Waals surface area contributed by atoms with Gasteiger partial charge in [0.25, 0.3) is 0 Å². The lowest BCUT2D eigenvalue weighted by molar-refractivity contribution is 0.953. The summed E-state index contributed by atoms with van der Waals surface area (Å²) in [5.41, 5.74) is 0. The molecule has 2 aromatic heterocycles. The summed E-state index contributed by atoms with van der Waals surface area (Å²) in [6.07, 6.45) is 1.76. The second-order valence-corrected chi connectivity index (χ2v) is 4.98. The second-order valence-electron chi connectivity index (χ2n) is 3.61. The molecule has 0 aliphatic heterocycles. The minimum Gasteiger partial charge on any atom is -0.250 e. The van der Waals surface area contributed by atoms with Gasteiger partial charge in [-0.05, 0) is 23.9 Å². The molecular weight excluding hydrogens is 266 g/mol. The van der Waals surface area contributed by atoms with Gasteiger partial charge in [0.15, 0.2) is 5.15 Å². The summed E-state index contributed by atoms with van der Waals surface area (Å²) in [5, 5.41) is 12.1. The molecule has 0 atom stereocenters. The molecule has 3 nitrogen and oxygen atoms in total. The maximum atomic E-state index is 6.03. The molecule has 3 rings (SSSR count). The zero-order valence-electron chi connectivity index (χ0n) is 9.25. The van der Waals surface area contributed by atoms with Crippen LogP contribution in [0.25, 0.3) is 10.8 Å². The Balaban J connectivity index is 2.10. The van der Waals surface area contributed by atoms with Crippen LogP contribution < -0.4 is 0 Å². The number of aromatic nitrogens is 3. The van der Waals surface area contributed by atoms with Gasteiger partial charge in [0.05, 0.1) is 0 Å². The van der Waals surface area contributed by atoms with Gasteiger partial charge in [0.2, 0.25) is 0 Å². The number of nitrogens with zero attached hydrogens (tertiary/aromatic N) is 3. The first kappa shape index (κ1) is 11.4. The van der Waals surface area contributed by atoms with Crippen LogP contribution in [0.1, 0.15) is 0 Å². The van der Waals surface area contributed by atoms with E-state index in [1.165, 1.54) is 11.8 Å². The fourth-order valence-corrected chi connectivity index (χ4v) is 2.66. The first-order valence-electron chi connectivity index (χ1n) is 5.34. The largest absolute Gasteiger partial charge is 0.250 e. The molecule has 5 heteroatoms. The van der Waals surface area contributed by atoms with Crippen LogP contribution in [0.2, 0.25) is 5.15 Å². The Kier molecular flexibility index (Phi) is 3.13. The predicted molar refractivity (Wildman–Crippen MR) is 72.9 cm³/mol. The molecule has 0 bridgehead atoms. The van der Waals surface area contributed by atoms with Gasteiger partial charge in [0.1, 0.15) is 10.1 Å². The van der Waals surface area contributed by atoms with Gasteiger partial charge < -0.3 is 0 Å². The maximum absolute atomic E-state index is 6.03. The van der Waals surface area contributed by atoms with Crippen molar-refractivity contribution in [1.82, 2.24) is 15.2 Å². The molecule has 0 aliphatic rings. The highest BCUT2D eigenvalue weighted by molar-refractivity contribution is 7.99. The second kappa shape index (κ2) is 4.92. The van der Waals surface area contributed by atoms with Crippen molar-refractivity contribution >= 4 is 34.1 Å². The minimum absolute atomic E-state index is 0.427. The molecule has 18 heavy (non-hydrogen) atoms. The van der Waals surface area contributed by atoms with Crippen LogP contribution in [0, 0.1) is 0 Å². The van der Waals surface area contributed by atoms with Gasteiger partial charge in [-0.15, -0.1) is 10.2 Å². The van der Waals surface area contributed by atoms with Crippen molar-refractivity contribution in [3.05, 3.63) is 53.8 Å². The summed E-state index contributed by atoms with van der Waals surface area (Å²) in [5.74, 6) is 0. The smallest absolute Gasteiger partial charge is 0.159 e.